The van der Waals surface area contributed by atoms with Gasteiger partial charge in [0.25, 0.3) is 0 Å². The highest BCUT2D eigenvalue weighted by Gasteiger charge is 2.08. The third-order valence-electron chi connectivity index (χ3n) is 1.47. The van der Waals surface area contributed by atoms with Gasteiger partial charge < -0.3 is 4.90 Å². The second-order valence-electron chi connectivity index (χ2n) is 2.10. The van der Waals surface area contributed by atoms with E-state index in [1.165, 1.54) is 0 Å². The highest BCUT2D eigenvalue weighted by molar-refractivity contribution is 4.99. The summed E-state index contributed by atoms with van der Waals surface area (Å²) in [5.74, 6) is 0. The van der Waals surface area contributed by atoms with E-state index in [1.54, 1.807) is 0 Å². The first-order valence-corrected chi connectivity index (χ1v) is 2.91. The second kappa shape index (κ2) is 2.03. The third-order valence-corrected chi connectivity index (χ3v) is 1.47. The molecule has 0 aromatic carbocycles. The Morgan fingerprint density at radius 2 is 2.62 bits per heavy atom. The first-order chi connectivity index (χ1) is 3.84. The highest BCUT2D eigenvalue weighted by atomic mass is 15.1. The number of rotatable bonds is 1. The Labute approximate surface area is 50.3 Å². The van der Waals surface area contributed by atoms with Crippen LogP contribution in [0.1, 0.15) is 13.3 Å². The molecular formula is C7H11N. The standard InChI is InChI=1S/C7H11N/c1-3-8-6-4-5-7(8)2/h3-4,6-7H,1,5H2,2H3. The maximum Gasteiger partial charge on any atom is 0.0337 e. The minimum Gasteiger partial charge on any atom is -0.352 e. The Bertz CT molecular complexity index is 116. The fraction of sp³-hybridized carbons (Fsp3) is 0.429. The number of nitrogens with zero attached hydrogens (tertiary/aromatic N) is 1. The molecule has 1 aliphatic heterocycles. The van der Waals surface area contributed by atoms with Crippen LogP contribution in [-0.2, 0) is 0 Å². The van der Waals surface area contributed by atoms with E-state index in [4.69, 9.17) is 0 Å². The van der Waals surface area contributed by atoms with E-state index < -0.39 is 0 Å². The number of hydrogen-bond donors (Lipinski definition) is 0. The van der Waals surface area contributed by atoms with Gasteiger partial charge in [0.1, 0.15) is 0 Å². The van der Waals surface area contributed by atoms with Crippen LogP contribution >= 0.6 is 0 Å². The van der Waals surface area contributed by atoms with Crippen molar-refractivity contribution in [2.75, 3.05) is 0 Å². The van der Waals surface area contributed by atoms with Gasteiger partial charge >= 0.3 is 0 Å². The Kier molecular flexibility index (Phi) is 1.38. The van der Waals surface area contributed by atoms with Crippen molar-refractivity contribution < 1.29 is 0 Å². The molecule has 1 unspecified atom stereocenters. The number of hydrogen-bond acceptors (Lipinski definition) is 1. The lowest BCUT2D eigenvalue weighted by molar-refractivity contribution is 0.424. The molecule has 0 radical (unpaired) electrons. The van der Waals surface area contributed by atoms with Gasteiger partial charge in [-0.25, -0.2) is 0 Å². The molecule has 0 fully saturated rings. The minimum absolute atomic E-state index is 0.632. The Hall–Kier alpha value is -0.720. The summed E-state index contributed by atoms with van der Waals surface area (Å²) < 4.78 is 0. The first kappa shape index (κ1) is 5.42. The van der Waals surface area contributed by atoms with Crippen molar-refractivity contribution in [2.45, 2.75) is 19.4 Å². The summed E-state index contributed by atoms with van der Waals surface area (Å²) in [4.78, 5) is 2.11. The molecule has 1 heteroatoms. The van der Waals surface area contributed by atoms with Crippen LogP contribution < -0.4 is 0 Å². The summed E-state index contributed by atoms with van der Waals surface area (Å²) in [5, 5.41) is 0. The molecule has 0 aliphatic carbocycles. The fourth-order valence-electron chi connectivity index (χ4n) is 0.889. The van der Waals surface area contributed by atoms with E-state index in [0.717, 1.165) is 6.42 Å². The van der Waals surface area contributed by atoms with Crippen LogP contribution in [0.25, 0.3) is 0 Å². The summed E-state index contributed by atoms with van der Waals surface area (Å²) in [5.41, 5.74) is 0. The molecule has 0 N–H and O–H groups in total. The minimum atomic E-state index is 0.632. The lowest BCUT2D eigenvalue weighted by Crippen LogP contribution is -2.16. The molecule has 1 heterocycles. The Morgan fingerprint density at radius 1 is 1.88 bits per heavy atom. The van der Waals surface area contributed by atoms with Crippen LogP contribution in [0, 0.1) is 0 Å². The van der Waals surface area contributed by atoms with Gasteiger partial charge in [-0.05, 0) is 25.7 Å². The molecule has 44 valence electrons. The Balaban J connectivity index is 2.52. The van der Waals surface area contributed by atoms with Crippen LogP contribution in [0.3, 0.4) is 0 Å². The first-order valence-electron chi connectivity index (χ1n) is 2.91. The molecule has 0 amide bonds. The molecule has 0 saturated carbocycles. The smallest absolute Gasteiger partial charge is 0.0337 e. The van der Waals surface area contributed by atoms with E-state index in [0.29, 0.717) is 6.04 Å². The van der Waals surface area contributed by atoms with Gasteiger partial charge in [0.05, 0.1) is 0 Å². The molecule has 1 atom stereocenters. The van der Waals surface area contributed by atoms with Crippen molar-refractivity contribution in [3.63, 3.8) is 0 Å². The van der Waals surface area contributed by atoms with Crippen LogP contribution in [0.2, 0.25) is 0 Å². The van der Waals surface area contributed by atoms with Crippen molar-refractivity contribution in [3.05, 3.63) is 25.1 Å². The van der Waals surface area contributed by atoms with Gasteiger partial charge in [-0.3, -0.25) is 0 Å². The van der Waals surface area contributed by atoms with Gasteiger partial charge in [-0.2, -0.15) is 0 Å². The van der Waals surface area contributed by atoms with Gasteiger partial charge in [-0.1, -0.05) is 12.7 Å². The van der Waals surface area contributed by atoms with Gasteiger partial charge in [0.2, 0.25) is 0 Å². The van der Waals surface area contributed by atoms with E-state index in [-0.39, 0.29) is 0 Å². The van der Waals surface area contributed by atoms with E-state index in [9.17, 15) is 0 Å². The van der Waals surface area contributed by atoms with Crippen molar-refractivity contribution >= 4 is 0 Å². The molecule has 0 saturated heterocycles. The summed E-state index contributed by atoms with van der Waals surface area (Å²) in [6.45, 7) is 5.85. The summed E-state index contributed by atoms with van der Waals surface area (Å²) >= 11 is 0. The van der Waals surface area contributed by atoms with Crippen LogP contribution in [0.5, 0.6) is 0 Å². The monoisotopic (exact) mass is 109 g/mol. The summed E-state index contributed by atoms with van der Waals surface area (Å²) in [6, 6.07) is 0.632. The molecule has 0 bridgehead atoms. The van der Waals surface area contributed by atoms with Crippen molar-refractivity contribution in [1.82, 2.24) is 4.90 Å². The normalized spacial score (nSPS) is 26.6. The maximum atomic E-state index is 3.67. The SMILES string of the molecule is C=CN1C=CCC1C. The van der Waals surface area contributed by atoms with Crippen molar-refractivity contribution in [1.29, 1.82) is 0 Å². The Morgan fingerprint density at radius 3 is 2.88 bits per heavy atom. The lowest BCUT2D eigenvalue weighted by atomic mass is 10.3. The average molecular weight is 109 g/mol. The van der Waals surface area contributed by atoms with E-state index in [2.05, 4.69) is 30.7 Å². The topological polar surface area (TPSA) is 3.24 Å². The zero-order valence-corrected chi connectivity index (χ0v) is 5.17. The van der Waals surface area contributed by atoms with Crippen LogP contribution in [-0.4, -0.2) is 10.9 Å². The largest absolute Gasteiger partial charge is 0.352 e. The quantitative estimate of drug-likeness (QED) is 0.495. The molecular weight excluding hydrogens is 98.1 g/mol. The third kappa shape index (κ3) is 0.760. The predicted octanol–water partition coefficient (Wildman–Crippen LogP) is 1.74. The van der Waals surface area contributed by atoms with Gasteiger partial charge in [-0.15, -0.1) is 0 Å². The van der Waals surface area contributed by atoms with Gasteiger partial charge in [0.15, 0.2) is 0 Å². The van der Waals surface area contributed by atoms with Crippen molar-refractivity contribution in [2.24, 2.45) is 0 Å². The molecule has 8 heavy (non-hydrogen) atoms. The zero-order chi connectivity index (χ0) is 5.98. The molecule has 0 spiro atoms. The second-order valence-corrected chi connectivity index (χ2v) is 2.10. The fourth-order valence-corrected chi connectivity index (χ4v) is 0.889. The van der Waals surface area contributed by atoms with Crippen LogP contribution in [0.4, 0.5) is 0 Å². The van der Waals surface area contributed by atoms with E-state index >= 15 is 0 Å². The maximum absolute atomic E-state index is 3.67. The molecule has 0 aromatic heterocycles. The average Bonchev–Trinajstić information content (AvgIpc) is 2.14. The summed E-state index contributed by atoms with van der Waals surface area (Å²) in [6.07, 6.45) is 7.24. The molecule has 0 aromatic rings. The van der Waals surface area contributed by atoms with Crippen LogP contribution in [0.15, 0.2) is 25.1 Å². The zero-order valence-electron chi connectivity index (χ0n) is 5.17. The summed E-state index contributed by atoms with van der Waals surface area (Å²) in [7, 11) is 0. The molecule has 1 nitrogen and oxygen atoms in total. The molecule has 1 rings (SSSR count). The van der Waals surface area contributed by atoms with Crippen molar-refractivity contribution in [3.8, 4) is 0 Å². The lowest BCUT2D eigenvalue weighted by Gasteiger charge is -2.15. The predicted molar refractivity (Wildman–Crippen MR) is 35.3 cm³/mol. The molecule has 1 aliphatic rings. The van der Waals surface area contributed by atoms with Gasteiger partial charge in [0, 0.05) is 6.04 Å². The van der Waals surface area contributed by atoms with E-state index in [1.807, 2.05) is 6.20 Å². The highest BCUT2D eigenvalue weighted by Crippen LogP contribution is 2.12.